The molecule has 0 aliphatic heterocycles. The van der Waals surface area contributed by atoms with E-state index in [0.29, 0.717) is 23.0 Å². The van der Waals surface area contributed by atoms with Gasteiger partial charge in [-0.1, -0.05) is 78.0 Å². The fraction of sp³-hybridized carbons (Fsp3) is 0.192. The number of hydrogen-bond donors (Lipinski definition) is 1. The third kappa shape index (κ3) is 5.03. The Balaban J connectivity index is 1.53. The van der Waals surface area contributed by atoms with Crippen LogP contribution in [0, 0.1) is 6.92 Å². The first-order chi connectivity index (χ1) is 15.6. The Kier molecular flexibility index (Phi) is 6.60. The molecule has 1 unspecified atom stereocenters. The van der Waals surface area contributed by atoms with Gasteiger partial charge in [0, 0.05) is 18.9 Å². The van der Waals surface area contributed by atoms with Crippen LogP contribution in [0.3, 0.4) is 0 Å². The molecule has 0 radical (unpaired) electrons. The van der Waals surface area contributed by atoms with Crippen molar-refractivity contribution in [1.29, 1.82) is 0 Å². The van der Waals surface area contributed by atoms with Crippen molar-refractivity contribution in [3.63, 3.8) is 0 Å². The molecule has 0 bridgehead atoms. The summed E-state index contributed by atoms with van der Waals surface area (Å²) in [6.45, 7) is 3.86. The summed E-state index contributed by atoms with van der Waals surface area (Å²) in [6.07, 6.45) is 0. The summed E-state index contributed by atoms with van der Waals surface area (Å²) < 4.78 is 10.8. The Morgan fingerprint density at radius 3 is 2.12 bits per heavy atom. The predicted octanol–water partition coefficient (Wildman–Crippen LogP) is 4.91. The zero-order valence-electron chi connectivity index (χ0n) is 18.1. The third-order valence-corrected chi connectivity index (χ3v) is 5.23. The molecule has 0 spiro atoms. The number of aromatic nitrogens is 2. The van der Waals surface area contributed by atoms with Gasteiger partial charge in [-0.2, -0.15) is 4.98 Å². The Hall–Kier alpha value is -3.93. The highest BCUT2D eigenvalue weighted by molar-refractivity contribution is 5.97. The third-order valence-electron chi connectivity index (χ3n) is 5.23. The van der Waals surface area contributed by atoms with Gasteiger partial charge in [-0.25, -0.2) is 0 Å². The molecule has 1 heterocycles. The van der Waals surface area contributed by atoms with Gasteiger partial charge in [-0.05, 0) is 30.2 Å². The van der Waals surface area contributed by atoms with Crippen LogP contribution in [-0.2, 0) is 6.61 Å². The summed E-state index contributed by atoms with van der Waals surface area (Å²) >= 11 is 0. The van der Waals surface area contributed by atoms with Crippen LogP contribution < -0.4 is 10.1 Å². The average molecular weight is 428 g/mol. The predicted molar refractivity (Wildman–Crippen MR) is 121 cm³/mol. The van der Waals surface area contributed by atoms with Crippen LogP contribution in [0.15, 0.2) is 89.5 Å². The Morgan fingerprint density at radius 2 is 1.53 bits per heavy atom. The molecule has 3 aromatic carbocycles. The van der Waals surface area contributed by atoms with Gasteiger partial charge >= 0.3 is 0 Å². The minimum absolute atomic E-state index is 0.0109. The molecule has 0 aliphatic carbocycles. The maximum atomic E-state index is 13.2. The maximum Gasteiger partial charge on any atom is 0.255 e. The fourth-order valence-electron chi connectivity index (χ4n) is 3.78. The van der Waals surface area contributed by atoms with Gasteiger partial charge in [-0.15, -0.1) is 0 Å². The minimum atomic E-state index is -0.200. The van der Waals surface area contributed by atoms with E-state index in [-0.39, 0.29) is 24.5 Å². The summed E-state index contributed by atoms with van der Waals surface area (Å²) in [6, 6.07) is 27.4. The molecule has 0 saturated carbocycles. The van der Waals surface area contributed by atoms with Crippen LogP contribution in [0.25, 0.3) is 0 Å². The topological polar surface area (TPSA) is 77.2 Å². The maximum absolute atomic E-state index is 13.2. The summed E-state index contributed by atoms with van der Waals surface area (Å²) in [7, 11) is 0. The molecular formula is C26H25N3O3. The number of rotatable bonds is 8. The van der Waals surface area contributed by atoms with Gasteiger partial charge < -0.3 is 14.6 Å². The lowest BCUT2D eigenvalue weighted by atomic mass is 9.85. The molecule has 0 aliphatic rings. The summed E-state index contributed by atoms with van der Waals surface area (Å²) in [5.74, 6) is 1.18. The van der Waals surface area contributed by atoms with E-state index >= 15 is 0 Å². The van der Waals surface area contributed by atoms with Crippen LogP contribution >= 0.6 is 0 Å². The van der Waals surface area contributed by atoms with Crippen LogP contribution in [-0.4, -0.2) is 22.1 Å². The molecule has 1 N–H and O–H groups in total. The molecule has 4 aromatic rings. The lowest BCUT2D eigenvalue weighted by Gasteiger charge is -2.26. The molecular weight excluding hydrogens is 402 g/mol. The lowest BCUT2D eigenvalue weighted by molar-refractivity contribution is 0.0932. The van der Waals surface area contributed by atoms with Crippen LogP contribution in [0.1, 0.15) is 46.0 Å². The van der Waals surface area contributed by atoms with E-state index in [9.17, 15) is 4.79 Å². The van der Waals surface area contributed by atoms with E-state index in [1.54, 1.807) is 19.1 Å². The number of amides is 1. The number of carbonyl (C=O) groups is 1. The monoisotopic (exact) mass is 427 g/mol. The second-order valence-electron chi connectivity index (χ2n) is 7.58. The zero-order valence-corrected chi connectivity index (χ0v) is 18.1. The molecule has 162 valence electrons. The van der Waals surface area contributed by atoms with Gasteiger partial charge in [0.15, 0.2) is 6.61 Å². The van der Waals surface area contributed by atoms with Crippen molar-refractivity contribution >= 4 is 5.91 Å². The Morgan fingerprint density at radius 1 is 0.938 bits per heavy atom. The summed E-state index contributed by atoms with van der Waals surface area (Å²) in [4.78, 5) is 17.4. The normalized spacial score (nSPS) is 11.8. The SMILES string of the molecule is Cc1nc(COc2ccccc2C(=O)NC(C)C(c2ccccc2)c2ccccc2)no1. The molecule has 0 saturated heterocycles. The van der Waals surface area contributed by atoms with E-state index in [2.05, 4.69) is 39.7 Å². The second kappa shape index (κ2) is 9.92. The van der Waals surface area contributed by atoms with Crippen molar-refractivity contribution in [3.05, 3.63) is 113 Å². The number of benzene rings is 3. The number of ether oxygens (including phenoxy) is 1. The van der Waals surface area contributed by atoms with Crippen molar-refractivity contribution in [2.24, 2.45) is 0 Å². The molecule has 6 nitrogen and oxygen atoms in total. The van der Waals surface area contributed by atoms with Crippen molar-refractivity contribution in [1.82, 2.24) is 15.5 Å². The van der Waals surface area contributed by atoms with E-state index in [1.807, 2.05) is 55.5 Å². The Labute approximate surface area is 187 Å². The number of nitrogens with zero attached hydrogens (tertiary/aromatic N) is 2. The Bertz CT molecular complexity index is 1120. The molecule has 1 aromatic heterocycles. The first-order valence-corrected chi connectivity index (χ1v) is 10.5. The highest BCUT2D eigenvalue weighted by Crippen LogP contribution is 2.28. The van der Waals surface area contributed by atoms with Gasteiger partial charge in [0.05, 0.1) is 5.56 Å². The number of para-hydroxylation sites is 1. The van der Waals surface area contributed by atoms with Crippen LogP contribution in [0.2, 0.25) is 0 Å². The molecule has 0 fully saturated rings. The molecule has 32 heavy (non-hydrogen) atoms. The summed E-state index contributed by atoms with van der Waals surface area (Å²) in [5, 5.41) is 7.00. The van der Waals surface area contributed by atoms with E-state index in [0.717, 1.165) is 11.1 Å². The number of nitrogens with one attached hydrogen (secondary N) is 1. The fourth-order valence-corrected chi connectivity index (χ4v) is 3.78. The minimum Gasteiger partial charge on any atom is -0.485 e. The van der Waals surface area contributed by atoms with Crippen molar-refractivity contribution in [2.45, 2.75) is 32.4 Å². The number of carbonyl (C=O) groups excluding carboxylic acids is 1. The molecule has 6 heteroatoms. The van der Waals surface area contributed by atoms with Crippen molar-refractivity contribution < 1.29 is 14.1 Å². The van der Waals surface area contributed by atoms with E-state index in [1.165, 1.54) is 0 Å². The first kappa shape index (κ1) is 21.3. The van der Waals surface area contributed by atoms with E-state index in [4.69, 9.17) is 9.26 Å². The molecule has 4 rings (SSSR count). The largest absolute Gasteiger partial charge is 0.485 e. The first-order valence-electron chi connectivity index (χ1n) is 10.5. The molecule has 1 atom stereocenters. The van der Waals surface area contributed by atoms with Gasteiger partial charge in [0.2, 0.25) is 11.7 Å². The standard InChI is InChI=1S/C26H25N3O3/c1-18(25(20-11-5-3-6-12-20)21-13-7-4-8-14-21)27-26(30)22-15-9-10-16-23(22)31-17-24-28-19(2)32-29-24/h3-16,18,25H,17H2,1-2H3,(H,27,30). The quantitative estimate of drug-likeness (QED) is 0.432. The summed E-state index contributed by atoms with van der Waals surface area (Å²) in [5.41, 5.74) is 2.74. The number of hydrogen-bond acceptors (Lipinski definition) is 5. The van der Waals surface area contributed by atoms with Crippen molar-refractivity contribution in [2.75, 3.05) is 0 Å². The lowest BCUT2D eigenvalue weighted by Crippen LogP contribution is -2.37. The average Bonchev–Trinajstić information content (AvgIpc) is 3.24. The van der Waals surface area contributed by atoms with E-state index < -0.39 is 0 Å². The van der Waals surface area contributed by atoms with Crippen molar-refractivity contribution in [3.8, 4) is 5.75 Å². The van der Waals surface area contributed by atoms with Gasteiger partial charge in [0.1, 0.15) is 5.75 Å². The second-order valence-corrected chi connectivity index (χ2v) is 7.58. The molecule has 1 amide bonds. The smallest absolute Gasteiger partial charge is 0.255 e. The highest BCUT2D eigenvalue weighted by atomic mass is 16.5. The highest BCUT2D eigenvalue weighted by Gasteiger charge is 2.24. The van der Waals surface area contributed by atoms with Gasteiger partial charge in [-0.3, -0.25) is 4.79 Å². The van der Waals surface area contributed by atoms with Gasteiger partial charge in [0.25, 0.3) is 5.91 Å². The number of aryl methyl sites for hydroxylation is 1. The van der Waals surface area contributed by atoms with Crippen LogP contribution in [0.4, 0.5) is 0 Å². The zero-order chi connectivity index (χ0) is 22.3. The van der Waals surface area contributed by atoms with Crippen LogP contribution in [0.5, 0.6) is 5.75 Å².